The summed E-state index contributed by atoms with van der Waals surface area (Å²) in [6, 6.07) is 1.46. The Hall–Kier alpha value is -0.970. The number of rotatable bonds is 4. The number of aliphatic hydroxyl groups is 1. The molecule has 14 heavy (non-hydrogen) atoms. The van der Waals surface area contributed by atoms with Gasteiger partial charge in [-0.25, -0.2) is 8.78 Å². The highest BCUT2D eigenvalue weighted by molar-refractivity contribution is 5.19. The molecule has 1 aromatic heterocycles. The number of nitrogens with zero attached hydrogens (tertiary/aromatic N) is 2. The molecule has 1 N–H and O–H groups in total. The van der Waals surface area contributed by atoms with Crippen molar-refractivity contribution in [3.63, 3.8) is 0 Å². The summed E-state index contributed by atoms with van der Waals surface area (Å²) >= 11 is 0. The highest BCUT2D eigenvalue weighted by Gasteiger charge is 2.28. The normalized spacial score (nSPS) is 16.6. The van der Waals surface area contributed by atoms with E-state index in [1.165, 1.54) is 10.7 Å². The first-order chi connectivity index (χ1) is 6.72. The van der Waals surface area contributed by atoms with E-state index in [9.17, 15) is 8.78 Å². The van der Waals surface area contributed by atoms with E-state index in [0.29, 0.717) is 5.92 Å². The van der Waals surface area contributed by atoms with Crippen LogP contribution in [0.2, 0.25) is 0 Å². The van der Waals surface area contributed by atoms with Crippen LogP contribution in [0.4, 0.5) is 8.78 Å². The smallest absolute Gasteiger partial charge is 0.280 e. The largest absolute Gasteiger partial charge is 0.394 e. The molecule has 1 aliphatic rings. The van der Waals surface area contributed by atoms with E-state index in [-0.39, 0.29) is 18.8 Å². The molecule has 1 saturated carbocycles. The molecule has 2 rings (SSSR count). The zero-order valence-electron chi connectivity index (χ0n) is 7.66. The van der Waals surface area contributed by atoms with Crippen LogP contribution in [0.1, 0.15) is 36.6 Å². The van der Waals surface area contributed by atoms with Crippen LogP contribution < -0.4 is 0 Å². The van der Waals surface area contributed by atoms with E-state index in [2.05, 4.69) is 5.10 Å². The molecule has 1 heterocycles. The average Bonchev–Trinajstić information content (AvgIpc) is 2.89. The Morgan fingerprint density at radius 1 is 1.57 bits per heavy atom. The highest BCUT2D eigenvalue weighted by Crippen LogP contribution is 2.40. The van der Waals surface area contributed by atoms with Gasteiger partial charge < -0.3 is 5.11 Å². The molecule has 78 valence electrons. The van der Waals surface area contributed by atoms with Crippen molar-refractivity contribution in [2.24, 2.45) is 0 Å². The molecule has 0 radical (unpaired) electrons. The van der Waals surface area contributed by atoms with Crippen molar-refractivity contribution in [3.05, 3.63) is 17.5 Å². The van der Waals surface area contributed by atoms with Gasteiger partial charge in [0.25, 0.3) is 6.43 Å². The molecule has 0 aliphatic heterocycles. The minimum Gasteiger partial charge on any atom is -0.394 e. The molecule has 1 fully saturated rings. The molecule has 0 saturated heterocycles. The molecule has 1 aliphatic carbocycles. The second kappa shape index (κ2) is 3.65. The van der Waals surface area contributed by atoms with Crippen molar-refractivity contribution >= 4 is 0 Å². The van der Waals surface area contributed by atoms with Gasteiger partial charge in [0.2, 0.25) is 0 Å². The Kier molecular flexibility index (Phi) is 2.50. The van der Waals surface area contributed by atoms with Crippen LogP contribution >= 0.6 is 0 Å². The van der Waals surface area contributed by atoms with Gasteiger partial charge in [0, 0.05) is 5.92 Å². The number of alkyl halides is 2. The Bertz CT molecular complexity index is 321. The first-order valence-electron chi connectivity index (χ1n) is 4.69. The van der Waals surface area contributed by atoms with Crippen molar-refractivity contribution in [1.82, 2.24) is 9.78 Å². The van der Waals surface area contributed by atoms with Crippen LogP contribution in [-0.4, -0.2) is 21.5 Å². The van der Waals surface area contributed by atoms with Crippen molar-refractivity contribution in [2.45, 2.75) is 31.7 Å². The van der Waals surface area contributed by atoms with Gasteiger partial charge in [0.15, 0.2) is 0 Å². The Morgan fingerprint density at radius 3 is 2.79 bits per heavy atom. The second-order valence-electron chi connectivity index (χ2n) is 3.52. The fraction of sp³-hybridized carbons (Fsp3) is 0.667. The summed E-state index contributed by atoms with van der Waals surface area (Å²) in [6.45, 7) is -0.0160. The van der Waals surface area contributed by atoms with Crippen molar-refractivity contribution in [2.75, 3.05) is 6.61 Å². The standard InChI is InChI=1S/C9H12F2N2O/c10-9(11)8-5-7(6-1-2-6)12-13(8)3-4-14/h5-6,9,14H,1-4H2. The lowest BCUT2D eigenvalue weighted by molar-refractivity contribution is 0.136. The van der Waals surface area contributed by atoms with E-state index in [1.54, 1.807) is 0 Å². The Morgan fingerprint density at radius 2 is 2.29 bits per heavy atom. The first-order valence-corrected chi connectivity index (χ1v) is 4.69. The SMILES string of the molecule is OCCn1nc(C2CC2)cc1C(F)F. The van der Waals surface area contributed by atoms with Gasteiger partial charge in [0.05, 0.1) is 18.8 Å². The van der Waals surface area contributed by atoms with E-state index >= 15 is 0 Å². The lowest BCUT2D eigenvalue weighted by atomic mass is 10.3. The number of hydrogen-bond donors (Lipinski definition) is 1. The third-order valence-electron chi connectivity index (χ3n) is 2.36. The van der Waals surface area contributed by atoms with Gasteiger partial charge in [-0.3, -0.25) is 4.68 Å². The van der Waals surface area contributed by atoms with Crippen molar-refractivity contribution < 1.29 is 13.9 Å². The molecule has 1 aromatic rings. The zero-order valence-corrected chi connectivity index (χ0v) is 7.66. The molecule has 0 unspecified atom stereocenters. The molecule has 3 nitrogen and oxygen atoms in total. The molecule has 0 atom stereocenters. The van der Waals surface area contributed by atoms with Gasteiger partial charge in [-0.05, 0) is 18.9 Å². The maximum absolute atomic E-state index is 12.5. The minimum absolute atomic E-state index is 0.0825. The number of aliphatic hydroxyl groups excluding tert-OH is 1. The molecule has 0 amide bonds. The molecule has 5 heteroatoms. The van der Waals surface area contributed by atoms with Crippen LogP contribution in [0.15, 0.2) is 6.07 Å². The van der Waals surface area contributed by atoms with E-state index in [1.807, 2.05) is 0 Å². The maximum atomic E-state index is 12.5. The average molecular weight is 202 g/mol. The first kappa shape index (κ1) is 9.58. The third kappa shape index (κ3) is 1.77. The summed E-state index contributed by atoms with van der Waals surface area (Å²) in [5.74, 6) is 0.368. The summed E-state index contributed by atoms with van der Waals surface area (Å²) in [5, 5.41) is 12.7. The van der Waals surface area contributed by atoms with Crippen LogP contribution in [-0.2, 0) is 6.54 Å². The van der Waals surface area contributed by atoms with Gasteiger partial charge in [-0.15, -0.1) is 0 Å². The summed E-state index contributed by atoms with van der Waals surface area (Å²) in [6.07, 6.45) is -0.431. The monoisotopic (exact) mass is 202 g/mol. The van der Waals surface area contributed by atoms with Gasteiger partial charge >= 0.3 is 0 Å². The number of halogens is 2. The zero-order chi connectivity index (χ0) is 10.1. The maximum Gasteiger partial charge on any atom is 0.280 e. The van der Waals surface area contributed by atoms with Crippen molar-refractivity contribution in [1.29, 1.82) is 0 Å². The van der Waals surface area contributed by atoms with Crippen LogP contribution in [0.3, 0.4) is 0 Å². The predicted molar refractivity (Wildman–Crippen MR) is 46.2 cm³/mol. The van der Waals surface area contributed by atoms with Gasteiger partial charge in [-0.2, -0.15) is 5.10 Å². The summed E-state index contributed by atoms with van der Waals surface area (Å²) < 4.78 is 26.2. The number of aromatic nitrogens is 2. The molecule has 0 bridgehead atoms. The second-order valence-corrected chi connectivity index (χ2v) is 3.52. The van der Waals surface area contributed by atoms with Crippen molar-refractivity contribution in [3.8, 4) is 0 Å². The fourth-order valence-electron chi connectivity index (χ4n) is 1.48. The lowest BCUT2D eigenvalue weighted by Crippen LogP contribution is -2.08. The third-order valence-corrected chi connectivity index (χ3v) is 2.36. The fourth-order valence-corrected chi connectivity index (χ4v) is 1.48. The van der Waals surface area contributed by atoms with E-state index < -0.39 is 6.43 Å². The molecule has 0 spiro atoms. The highest BCUT2D eigenvalue weighted by atomic mass is 19.3. The topological polar surface area (TPSA) is 38.0 Å². The molecular formula is C9H12F2N2O. The number of hydrogen-bond acceptors (Lipinski definition) is 2. The van der Waals surface area contributed by atoms with Crippen LogP contribution in [0.25, 0.3) is 0 Å². The summed E-state index contributed by atoms with van der Waals surface area (Å²) in [4.78, 5) is 0. The summed E-state index contributed by atoms with van der Waals surface area (Å²) in [7, 11) is 0. The Labute approximate surface area is 80.3 Å². The molecule has 0 aromatic carbocycles. The Balaban J connectivity index is 2.25. The summed E-state index contributed by atoms with van der Waals surface area (Å²) in [5.41, 5.74) is 0.662. The van der Waals surface area contributed by atoms with Gasteiger partial charge in [0.1, 0.15) is 5.69 Å². The van der Waals surface area contributed by atoms with E-state index in [0.717, 1.165) is 18.5 Å². The van der Waals surface area contributed by atoms with E-state index in [4.69, 9.17) is 5.11 Å². The van der Waals surface area contributed by atoms with Gasteiger partial charge in [-0.1, -0.05) is 0 Å². The predicted octanol–water partition coefficient (Wildman–Crippen LogP) is 1.69. The lowest BCUT2D eigenvalue weighted by Gasteiger charge is -2.03. The quantitative estimate of drug-likeness (QED) is 0.806. The van der Waals surface area contributed by atoms with Crippen LogP contribution in [0, 0.1) is 0 Å². The minimum atomic E-state index is -2.51. The van der Waals surface area contributed by atoms with Crippen LogP contribution in [0.5, 0.6) is 0 Å². The molecular weight excluding hydrogens is 190 g/mol.